The molecule has 23 heavy (non-hydrogen) atoms. The van der Waals surface area contributed by atoms with Gasteiger partial charge in [-0.3, -0.25) is 4.79 Å². The summed E-state index contributed by atoms with van der Waals surface area (Å²) < 4.78 is 6.06. The number of aryl methyl sites for hydroxylation is 1. The second kappa shape index (κ2) is 5.89. The molecule has 0 saturated carbocycles. The lowest BCUT2D eigenvalue weighted by Gasteiger charge is -2.38. The molecule has 0 saturated heterocycles. The van der Waals surface area contributed by atoms with Crippen LogP contribution in [0.5, 0.6) is 5.75 Å². The molecule has 2 aromatic carbocycles. The molecule has 0 radical (unpaired) electrons. The molecule has 0 bridgehead atoms. The molecule has 0 aromatic heterocycles. The lowest BCUT2D eigenvalue weighted by atomic mass is 9.89. The highest BCUT2D eigenvalue weighted by molar-refractivity contribution is 6.30. The molecule has 4 heteroatoms. The number of ether oxygens (including phenoxy) is 1. The summed E-state index contributed by atoms with van der Waals surface area (Å²) in [4.78, 5) is 12.5. The van der Waals surface area contributed by atoms with Crippen molar-refractivity contribution in [2.75, 3.05) is 0 Å². The third kappa shape index (κ3) is 3.50. The third-order valence-corrected chi connectivity index (χ3v) is 4.29. The summed E-state index contributed by atoms with van der Waals surface area (Å²) in [5.74, 6) is 0.749. The summed E-state index contributed by atoms with van der Waals surface area (Å²) in [7, 11) is 0. The van der Waals surface area contributed by atoms with E-state index in [4.69, 9.17) is 16.3 Å². The molecule has 120 valence electrons. The Morgan fingerprint density at radius 1 is 1.22 bits per heavy atom. The first-order chi connectivity index (χ1) is 10.8. The van der Waals surface area contributed by atoms with Gasteiger partial charge in [-0.05, 0) is 56.7 Å². The predicted molar refractivity (Wildman–Crippen MR) is 92.2 cm³/mol. The maximum Gasteiger partial charge on any atom is 0.251 e. The molecular formula is C19H20ClNO2. The molecule has 1 N–H and O–H groups in total. The van der Waals surface area contributed by atoms with E-state index < -0.39 is 0 Å². The average molecular weight is 330 g/mol. The van der Waals surface area contributed by atoms with Gasteiger partial charge in [0.1, 0.15) is 11.4 Å². The van der Waals surface area contributed by atoms with Crippen LogP contribution in [0.15, 0.2) is 42.5 Å². The molecule has 2 aromatic rings. The fourth-order valence-electron chi connectivity index (χ4n) is 2.93. The first-order valence-corrected chi connectivity index (χ1v) is 8.08. The zero-order chi connectivity index (χ0) is 16.6. The van der Waals surface area contributed by atoms with Crippen LogP contribution in [0, 0.1) is 6.92 Å². The standard InChI is InChI=1S/C19H20ClNO2/c1-12-4-9-15-16(11-19(2,3)23-17(15)10-12)21-18(22)13-5-7-14(20)8-6-13/h4-10,16H,11H2,1-3H3,(H,21,22)/t16-/m1/s1. The molecular weight excluding hydrogens is 310 g/mol. The van der Waals surface area contributed by atoms with Crippen molar-refractivity contribution in [1.82, 2.24) is 5.32 Å². The van der Waals surface area contributed by atoms with Gasteiger partial charge in [0.2, 0.25) is 0 Å². The molecule has 0 fully saturated rings. The van der Waals surface area contributed by atoms with E-state index in [2.05, 4.69) is 5.32 Å². The highest BCUT2D eigenvalue weighted by Gasteiger charge is 2.34. The molecule has 0 aliphatic carbocycles. The maximum atomic E-state index is 12.5. The molecule has 1 heterocycles. The van der Waals surface area contributed by atoms with E-state index in [1.807, 2.05) is 39.0 Å². The molecule has 1 aliphatic heterocycles. The number of hydrogen-bond donors (Lipinski definition) is 1. The minimum Gasteiger partial charge on any atom is -0.487 e. The second-order valence-electron chi connectivity index (χ2n) is 6.64. The summed E-state index contributed by atoms with van der Waals surface area (Å²) in [5, 5.41) is 3.74. The van der Waals surface area contributed by atoms with E-state index in [1.165, 1.54) is 0 Å². The lowest BCUT2D eigenvalue weighted by molar-refractivity contribution is 0.0619. The van der Waals surface area contributed by atoms with Gasteiger partial charge in [0.25, 0.3) is 5.91 Å². The van der Waals surface area contributed by atoms with Gasteiger partial charge in [0, 0.05) is 22.6 Å². The third-order valence-electron chi connectivity index (χ3n) is 4.04. The lowest BCUT2D eigenvalue weighted by Crippen LogP contribution is -2.41. The van der Waals surface area contributed by atoms with Crippen molar-refractivity contribution in [3.8, 4) is 5.75 Å². The Kier molecular flexibility index (Phi) is 4.07. The minimum absolute atomic E-state index is 0.0717. The van der Waals surface area contributed by atoms with Crippen molar-refractivity contribution in [2.45, 2.75) is 38.8 Å². The molecule has 0 unspecified atom stereocenters. The Labute approximate surface area is 141 Å². The van der Waals surface area contributed by atoms with E-state index in [0.29, 0.717) is 10.6 Å². The van der Waals surface area contributed by atoms with Crippen LogP contribution in [-0.2, 0) is 0 Å². The quantitative estimate of drug-likeness (QED) is 0.868. The van der Waals surface area contributed by atoms with Crippen molar-refractivity contribution in [2.24, 2.45) is 0 Å². The van der Waals surface area contributed by atoms with E-state index >= 15 is 0 Å². The van der Waals surface area contributed by atoms with Crippen molar-refractivity contribution >= 4 is 17.5 Å². The van der Waals surface area contributed by atoms with Crippen molar-refractivity contribution in [1.29, 1.82) is 0 Å². The summed E-state index contributed by atoms with van der Waals surface area (Å²) >= 11 is 5.88. The molecule has 0 spiro atoms. The largest absolute Gasteiger partial charge is 0.487 e. The van der Waals surface area contributed by atoms with Crippen LogP contribution >= 0.6 is 11.6 Å². The fourth-order valence-corrected chi connectivity index (χ4v) is 3.06. The predicted octanol–water partition coefficient (Wildman–Crippen LogP) is 4.68. The molecule has 1 aliphatic rings. The summed E-state index contributed by atoms with van der Waals surface area (Å²) in [6.07, 6.45) is 0.725. The average Bonchev–Trinajstić information content (AvgIpc) is 2.46. The number of benzene rings is 2. The van der Waals surface area contributed by atoms with E-state index in [-0.39, 0.29) is 17.6 Å². The van der Waals surface area contributed by atoms with Crippen LogP contribution in [0.25, 0.3) is 0 Å². The zero-order valence-electron chi connectivity index (χ0n) is 13.5. The van der Waals surface area contributed by atoms with Gasteiger partial charge in [-0.15, -0.1) is 0 Å². The van der Waals surface area contributed by atoms with Crippen LogP contribution in [0.3, 0.4) is 0 Å². The van der Waals surface area contributed by atoms with Gasteiger partial charge in [0.05, 0.1) is 6.04 Å². The maximum absolute atomic E-state index is 12.5. The topological polar surface area (TPSA) is 38.3 Å². The van der Waals surface area contributed by atoms with Gasteiger partial charge in [-0.25, -0.2) is 0 Å². The minimum atomic E-state index is -0.321. The first kappa shape index (κ1) is 15.9. The van der Waals surface area contributed by atoms with Crippen LogP contribution in [-0.4, -0.2) is 11.5 Å². The molecule has 1 amide bonds. The highest BCUT2D eigenvalue weighted by atomic mass is 35.5. The summed E-state index contributed by atoms with van der Waals surface area (Å²) in [6, 6.07) is 12.9. The number of rotatable bonds is 2. The number of nitrogens with one attached hydrogen (secondary N) is 1. The Morgan fingerprint density at radius 3 is 2.61 bits per heavy atom. The van der Waals surface area contributed by atoms with Crippen LogP contribution in [0.2, 0.25) is 5.02 Å². The van der Waals surface area contributed by atoms with Gasteiger partial charge in [-0.2, -0.15) is 0 Å². The Bertz CT molecular complexity index is 738. The number of amides is 1. The van der Waals surface area contributed by atoms with Gasteiger partial charge in [0.15, 0.2) is 0 Å². The molecule has 3 rings (SSSR count). The Hall–Kier alpha value is -2.00. The van der Waals surface area contributed by atoms with Crippen LogP contribution in [0.4, 0.5) is 0 Å². The van der Waals surface area contributed by atoms with Crippen molar-refractivity contribution in [3.05, 3.63) is 64.2 Å². The van der Waals surface area contributed by atoms with E-state index in [1.54, 1.807) is 24.3 Å². The van der Waals surface area contributed by atoms with E-state index in [0.717, 1.165) is 23.3 Å². The molecule has 1 atom stereocenters. The normalized spacial score (nSPS) is 18.7. The Balaban J connectivity index is 1.87. The number of hydrogen-bond acceptors (Lipinski definition) is 2. The number of halogens is 1. The molecule has 3 nitrogen and oxygen atoms in total. The Morgan fingerprint density at radius 2 is 1.91 bits per heavy atom. The zero-order valence-corrected chi connectivity index (χ0v) is 14.3. The number of fused-ring (bicyclic) bond motifs is 1. The summed E-state index contributed by atoms with van der Waals surface area (Å²) in [5.41, 5.74) is 2.45. The van der Waals surface area contributed by atoms with Crippen molar-refractivity contribution < 1.29 is 9.53 Å². The highest BCUT2D eigenvalue weighted by Crippen LogP contribution is 2.40. The van der Waals surface area contributed by atoms with Crippen molar-refractivity contribution in [3.63, 3.8) is 0 Å². The van der Waals surface area contributed by atoms with Crippen LogP contribution < -0.4 is 10.1 Å². The smallest absolute Gasteiger partial charge is 0.251 e. The SMILES string of the molecule is Cc1ccc2c(c1)OC(C)(C)C[C@H]2NC(=O)c1ccc(Cl)cc1. The number of carbonyl (C=O) groups is 1. The van der Waals surface area contributed by atoms with E-state index in [9.17, 15) is 4.79 Å². The first-order valence-electron chi connectivity index (χ1n) is 7.70. The summed E-state index contributed by atoms with van der Waals surface area (Å²) in [6.45, 7) is 6.12. The monoisotopic (exact) mass is 329 g/mol. The van der Waals surface area contributed by atoms with Gasteiger partial charge >= 0.3 is 0 Å². The van der Waals surface area contributed by atoms with Gasteiger partial charge in [-0.1, -0.05) is 23.7 Å². The van der Waals surface area contributed by atoms with Gasteiger partial charge < -0.3 is 10.1 Å². The number of carbonyl (C=O) groups excluding carboxylic acids is 1. The van der Waals surface area contributed by atoms with Crippen LogP contribution in [0.1, 0.15) is 47.8 Å². The fraction of sp³-hybridized carbons (Fsp3) is 0.316. The second-order valence-corrected chi connectivity index (χ2v) is 7.08.